The molecule has 1 aliphatic carbocycles. The van der Waals surface area contributed by atoms with Crippen molar-refractivity contribution in [1.82, 2.24) is 34.8 Å². The standard InChI is InChI=1S/C24H26N8O2/c1-14-22(25)26-11-19(28-14)15-4-6-16(7-5-15)21(17-8-9-17)23-29-24(34-30-23)18-10-27-32(12-18)13-20(33)31(2)3/h4-7,10-12,17,21H,8-9,13H2,1-3H3,(H2,25,26). The number of aryl methyl sites for hydroxylation is 1. The molecule has 2 N–H and O–H groups in total. The summed E-state index contributed by atoms with van der Waals surface area (Å²) < 4.78 is 7.14. The maximum atomic E-state index is 11.9. The Labute approximate surface area is 196 Å². The maximum Gasteiger partial charge on any atom is 0.261 e. The van der Waals surface area contributed by atoms with Gasteiger partial charge in [0.2, 0.25) is 5.91 Å². The molecule has 0 aliphatic heterocycles. The number of benzene rings is 1. The Bertz CT molecular complexity index is 1320. The molecule has 10 heteroatoms. The summed E-state index contributed by atoms with van der Waals surface area (Å²) in [5.74, 6) is 1.99. The highest BCUT2D eigenvalue weighted by Crippen LogP contribution is 2.46. The monoisotopic (exact) mass is 458 g/mol. The number of amides is 1. The number of nitrogens with two attached hydrogens (primary N) is 1. The normalized spacial score (nSPS) is 14.2. The predicted molar refractivity (Wildman–Crippen MR) is 125 cm³/mol. The Morgan fingerprint density at radius 3 is 2.62 bits per heavy atom. The summed E-state index contributed by atoms with van der Waals surface area (Å²) in [6.07, 6.45) is 7.33. The molecule has 0 spiro atoms. The van der Waals surface area contributed by atoms with Crippen LogP contribution in [0.4, 0.5) is 5.82 Å². The van der Waals surface area contributed by atoms with Crippen LogP contribution in [0.15, 0.2) is 47.4 Å². The van der Waals surface area contributed by atoms with E-state index in [9.17, 15) is 4.79 Å². The van der Waals surface area contributed by atoms with E-state index in [2.05, 4.69) is 37.3 Å². The lowest BCUT2D eigenvalue weighted by molar-refractivity contribution is -0.129. The highest BCUT2D eigenvalue weighted by molar-refractivity contribution is 5.75. The molecule has 1 atom stereocenters. The lowest BCUT2D eigenvalue weighted by atomic mass is 9.92. The molecule has 174 valence electrons. The van der Waals surface area contributed by atoms with Crippen molar-refractivity contribution in [3.63, 3.8) is 0 Å². The highest BCUT2D eigenvalue weighted by Gasteiger charge is 2.36. The van der Waals surface area contributed by atoms with Crippen molar-refractivity contribution in [2.45, 2.75) is 32.2 Å². The second kappa shape index (κ2) is 8.69. The van der Waals surface area contributed by atoms with Crippen molar-refractivity contribution in [3.8, 4) is 22.7 Å². The van der Waals surface area contributed by atoms with Crippen LogP contribution in [0, 0.1) is 12.8 Å². The molecule has 1 amide bonds. The minimum Gasteiger partial charge on any atom is -0.382 e. The van der Waals surface area contributed by atoms with Gasteiger partial charge in [0.25, 0.3) is 5.89 Å². The fourth-order valence-corrected chi connectivity index (χ4v) is 3.87. The third-order valence-corrected chi connectivity index (χ3v) is 6.04. The molecule has 1 aromatic carbocycles. The van der Waals surface area contributed by atoms with Crippen molar-refractivity contribution in [2.75, 3.05) is 19.8 Å². The second-order valence-electron chi connectivity index (χ2n) is 8.84. The third-order valence-electron chi connectivity index (χ3n) is 6.04. The number of nitrogen functional groups attached to an aromatic ring is 1. The van der Waals surface area contributed by atoms with Crippen LogP contribution in [0.3, 0.4) is 0 Å². The van der Waals surface area contributed by atoms with Crippen LogP contribution >= 0.6 is 0 Å². The van der Waals surface area contributed by atoms with E-state index in [4.69, 9.17) is 10.3 Å². The fraction of sp³-hybridized carbons (Fsp3) is 0.333. The van der Waals surface area contributed by atoms with Crippen LogP contribution in [0.1, 0.15) is 35.8 Å². The first-order valence-corrected chi connectivity index (χ1v) is 11.1. The van der Waals surface area contributed by atoms with Gasteiger partial charge in [-0.25, -0.2) is 9.97 Å². The van der Waals surface area contributed by atoms with E-state index >= 15 is 0 Å². The minimum absolute atomic E-state index is 0.0433. The zero-order valence-corrected chi connectivity index (χ0v) is 19.3. The molecule has 0 bridgehead atoms. The van der Waals surface area contributed by atoms with Gasteiger partial charge in [-0.05, 0) is 31.2 Å². The van der Waals surface area contributed by atoms with E-state index in [0.717, 1.165) is 29.7 Å². The highest BCUT2D eigenvalue weighted by atomic mass is 16.5. The maximum absolute atomic E-state index is 11.9. The van der Waals surface area contributed by atoms with Crippen molar-refractivity contribution in [1.29, 1.82) is 0 Å². The quantitative estimate of drug-likeness (QED) is 0.448. The summed E-state index contributed by atoms with van der Waals surface area (Å²) in [5.41, 5.74) is 10.1. The van der Waals surface area contributed by atoms with Crippen molar-refractivity contribution >= 4 is 11.7 Å². The van der Waals surface area contributed by atoms with Crippen LogP contribution in [0.5, 0.6) is 0 Å². The molecule has 1 unspecified atom stereocenters. The second-order valence-corrected chi connectivity index (χ2v) is 8.84. The number of likely N-dealkylation sites (N-methyl/N-ethyl adjacent to an activating group) is 1. The molecular weight excluding hydrogens is 432 g/mol. The first-order chi connectivity index (χ1) is 16.4. The van der Waals surface area contributed by atoms with Gasteiger partial charge in [0.1, 0.15) is 12.4 Å². The van der Waals surface area contributed by atoms with E-state index in [1.807, 2.05) is 19.1 Å². The van der Waals surface area contributed by atoms with Gasteiger partial charge in [0.05, 0.1) is 35.3 Å². The van der Waals surface area contributed by atoms with E-state index in [1.165, 1.54) is 4.90 Å². The first-order valence-electron chi connectivity index (χ1n) is 11.1. The molecule has 1 aliphatic rings. The lowest BCUT2D eigenvalue weighted by Crippen LogP contribution is -2.26. The number of anilines is 1. The van der Waals surface area contributed by atoms with E-state index in [1.54, 1.807) is 37.4 Å². The van der Waals surface area contributed by atoms with Crippen LogP contribution < -0.4 is 5.73 Å². The van der Waals surface area contributed by atoms with E-state index in [0.29, 0.717) is 34.7 Å². The molecule has 0 radical (unpaired) electrons. The zero-order chi connectivity index (χ0) is 23.8. The Balaban J connectivity index is 1.37. The smallest absolute Gasteiger partial charge is 0.261 e. The number of nitrogens with zero attached hydrogens (tertiary/aromatic N) is 7. The number of rotatable bonds is 7. The van der Waals surface area contributed by atoms with Crippen LogP contribution in [0.25, 0.3) is 22.7 Å². The van der Waals surface area contributed by atoms with Crippen molar-refractivity contribution in [2.24, 2.45) is 5.92 Å². The minimum atomic E-state index is -0.0433. The summed E-state index contributed by atoms with van der Waals surface area (Å²) in [7, 11) is 3.43. The molecule has 1 saturated carbocycles. The van der Waals surface area contributed by atoms with Gasteiger partial charge >= 0.3 is 0 Å². The number of carbonyl (C=O) groups excluding carboxylic acids is 1. The Morgan fingerprint density at radius 1 is 1.18 bits per heavy atom. The summed E-state index contributed by atoms with van der Waals surface area (Å²) in [6, 6.07) is 8.26. The number of aromatic nitrogens is 6. The zero-order valence-electron chi connectivity index (χ0n) is 19.3. The summed E-state index contributed by atoms with van der Waals surface area (Å²) >= 11 is 0. The molecule has 3 aromatic heterocycles. The largest absolute Gasteiger partial charge is 0.382 e. The first kappa shape index (κ1) is 21.7. The fourth-order valence-electron chi connectivity index (χ4n) is 3.87. The number of carbonyl (C=O) groups is 1. The van der Waals surface area contributed by atoms with Crippen molar-refractivity contribution in [3.05, 3.63) is 59.9 Å². The van der Waals surface area contributed by atoms with Crippen LogP contribution in [0.2, 0.25) is 0 Å². The molecule has 4 aromatic rings. The van der Waals surface area contributed by atoms with Gasteiger partial charge in [-0.15, -0.1) is 0 Å². The van der Waals surface area contributed by atoms with Gasteiger partial charge in [0.15, 0.2) is 5.82 Å². The van der Waals surface area contributed by atoms with E-state index < -0.39 is 0 Å². The lowest BCUT2D eigenvalue weighted by Gasteiger charge is -2.13. The molecule has 34 heavy (non-hydrogen) atoms. The van der Waals surface area contributed by atoms with Gasteiger partial charge in [0, 0.05) is 25.9 Å². The molecular formula is C24H26N8O2. The topological polar surface area (TPSA) is 129 Å². The van der Waals surface area contributed by atoms with Gasteiger partial charge < -0.3 is 15.2 Å². The average molecular weight is 459 g/mol. The van der Waals surface area contributed by atoms with Gasteiger partial charge in [-0.2, -0.15) is 10.1 Å². The van der Waals surface area contributed by atoms with Crippen molar-refractivity contribution < 1.29 is 9.32 Å². The molecule has 5 rings (SSSR count). The predicted octanol–water partition coefficient (Wildman–Crippen LogP) is 2.91. The summed E-state index contributed by atoms with van der Waals surface area (Å²) in [4.78, 5) is 26.9. The third kappa shape index (κ3) is 4.39. The van der Waals surface area contributed by atoms with Crippen LogP contribution in [-0.4, -0.2) is 54.8 Å². The molecule has 0 saturated heterocycles. The molecule has 10 nitrogen and oxygen atoms in total. The number of hydrogen-bond donors (Lipinski definition) is 1. The Morgan fingerprint density at radius 2 is 1.94 bits per heavy atom. The summed E-state index contributed by atoms with van der Waals surface area (Å²) in [5, 5.41) is 8.54. The van der Waals surface area contributed by atoms with Gasteiger partial charge in [-0.3, -0.25) is 9.48 Å². The SMILES string of the molecule is Cc1nc(-c2ccc(C(c3noc(-c4cnn(CC(=O)N(C)C)c4)n3)C3CC3)cc2)cnc1N. The molecule has 3 heterocycles. The summed E-state index contributed by atoms with van der Waals surface area (Å²) in [6.45, 7) is 2.00. The average Bonchev–Trinajstić information content (AvgIpc) is 3.34. The van der Waals surface area contributed by atoms with Gasteiger partial charge in [-0.1, -0.05) is 29.4 Å². The van der Waals surface area contributed by atoms with Crippen LogP contribution in [-0.2, 0) is 11.3 Å². The Kier molecular flexibility index (Phi) is 5.56. The van der Waals surface area contributed by atoms with E-state index in [-0.39, 0.29) is 18.4 Å². The Hall–Kier alpha value is -4.08. The molecule has 1 fully saturated rings. The number of hydrogen-bond acceptors (Lipinski definition) is 8.